The molecule has 0 aliphatic carbocycles. The Morgan fingerprint density at radius 1 is 0.880 bits per heavy atom. The van der Waals surface area contributed by atoms with E-state index in [0.29, 0.717) is 23.7 Å². The minimum Gasteiger partial charge on any atom is -0.492 e. The molecule has 0 aliphatic heterocycles. The number of carbonyl (C=O) groups is 1. The predicted octanol–water partition coefficient (Wildman–Crippen LogP) is 5.29. The van der Waals surface area contributed by atoms with Crippen molar-refractivity contribution in [3.8, 4) is 11.5 Å². The topological polar surface area (TPSA) is 35.5 Å². The molecule has 4 heteroatoms. The number of esters is 1. The Morgan fingerprint density at radius 3 is 2.28 bits per heavy atom. The smallest absolute Gasteiger partial charge is 0.347 e. The summed E-state index contributed by atoms with van der Waals surface area (Å²) in [6.45, 7) is 0.483. The van der Waals surface area contributed by atoms with E-state index < -0.39 is 5.97 Å². The highest BCUT2D eigenvalue weighted by atomic mass is 79.9. The van der Waals surface area contributed by atoms with Gasteiger partial charge in [0, 0.05) is 10.9 Å². The molecule has 3 aromatic rings. The number of benzene rings is 3. The molecule has 3 rings (SSSR count). The molecule has 0 fully saturated rings. The number of hydrogen-bond acceptors (Lipinski definition) is 3. The van der Waals surface area contributed by atoms with Gasteiger partial charge in [-0.15, -0.1) is 0 Å². The number of rotatable bonds is 6. The Morgan fingerprint density at radius 2 is 1.56 bits per heavy atom. The lowest BCUT2D eigenvalue weighted by molar-refractivity contribution is 0.0730. The van der Waals surface area contributed by atoms with Crippen LogP contribution in [0.5, 0.6) is 11.5 Å². The van der Waals surface area contributed by atoms with Crippen molar-refractivity contribution in [3.63, 3.8) is 0 Å². The van der Waals surface area contributed by atoms with Crippen LogP contribution >= 0.6 is 15.9 Å². The van der Waals surface area contributed by atoms with Crippen molar-refractivity contribution in [3.05, 3.63) is 94.5 Å². The molecule has 3 nitrogen and oxygen atoms in total. The minimum absolute atomic E-state index is 0.395. The van der Waals surface area contributed by atoms with Crippen LogP contribution in [0.1, 0.15) is 15.9 Å². The Bertz CT molecular complexity index is 832. The van der Waals surface area contributed by atoms with Crippen LogP contribution in [0.4, 0.5) is 0 Å². The first kappa shape index (κ1) is 17.2. The fourth-order valence-electron chi connectivity index (χ4n) is 2.36. The zero-order chi connectivity index (χ0) is 17.5. The summed E-state index contributed by atoms with van der Waals surface area (Å²) in [5.41, 5.74) is 1.58. The van der Waals surface area contributed by atoms with E-state index in [1.807, 2.05) is 42.5 Å². The summed E-state index contributed by atoms with van der Waals surface area (Å²) in [5.74, 6) is 0.574. The molecule has 0 amide bonds. The number of para-hydroxylation sites is 1. The Hall–Kier alpha value is -2.59. The molecule has 0 radical (unpaired) electrons. The van der Waals surface area contributed by atoms with Crippen LogP contribution in [0.3, 0.4) is 0 Å². The van der Waals surface area contributed by atoms with Crippen LogP contribution in [0.15, 0.2) is 83.3 Å². The molecule has 0 heterocycles. The van der Waals surface area contributed by atoms with Gasteiger partial charge in [-0.05, 0) is 35.9 Å². The van der Waals surface area contributed by atoms with Gasteiger partial charge in [0.2, 0.25) is 0 Å². The third-order valence-electron chi connectivity index (χ3n) is 3.61. The van der Waals surface area contributed by atoms with E-state index in [2.05, 4.69) is 28.1 Å². The zero-order valence-corrected chi connectivity index (χ0v) is 15.1. The highest BCUT2D eigenvalue weighted by Gasteiger charge is 2.16. The van der Waals surface area contributed by atoms with Crippen molar-refractivity contribution in [1.29, 1.82) is 0 Å². The van der Waals surface area contributed by atoms with E-state index in [4.69, 9.17) is 9.47 Å². The SMILES string of the molecule is O=C(Oc1ccccc1)c1cc(Br)ccc1OCCc1ccccc1. The van der Waals surface area contributed by atoms with Crippen molar-refractivity contribution >= 4 is 21.9 Å². The standard InChI is InChI=1S/C21H17BrO3/c22-17-11-12-20(24-14-13-16-7-3-1-4-8-16)19(15-17)21(23)25-18-9-5-2-6-10-18/h1-12,15H,13-14H2. The monoisotopic (exact) mass is 396 g/mol. The molecule has 0 N–H and O–H groups in total. The van der Waals surface area contributed by atoms with E-state index in [0.717, 1.165) is 10.9 Å². The van der Waals surface area contributed by atoms with Crippen LogP contribution in [0.2, 0.25) is 0 Å². The normalized spacial score (nSPS) is 10.3. The second-order valence-corrected chi connectivity index (χ2v) is 6.34. The molecular weight excluding hydrogens is 380 g/mol. The molecule has 25 heavy (non-hydrogen) atoms. The van der Waals surface area contributed by atoms with Gasteiger partial charge < -0.3 is 9.47 Å². The van der Waals surface area contributed by atoms with Crippen LogP contribution in [0.25, 0.3) is 0 Å². The van der Waals surface area contributed by atoms with Gasteiger partial charge in [0.1, 0.15) is 17.1 Å². The van der Waals surface area contributed by atoms with Gasteiger partial charge in [-0.3, -0.25) is 0 Å². The first-order valence-corrected chi connectivity index (χ1v) is 8.75. The summed E-state index contributed by atoms with van der Waals surface area (Å²) in [6, 6.07) is 24.4. The van der Waals surface area contributed by atoms with Crippen molar-refractivity contribution in [2.75, 3.05) is 6.61 Å². The van der Waals surface area contributed by atoms with Gasteiger partial charge in [0.25, 0.3) is 0 Å². The van der Waals surface area contributed by atoms with Gasteiger partial charge in [0.15, 0.2) is 0 Å². The van der Waals surface area contributed by atoms with Gasteiger partial charge >= 0.3 is 5.97 Å². The maximum Gasteiger partial charge on any atom is 0.347 e. The number of hydrogen-bond donors (Lipinski definition) is 0. The van der Waals surface area contributed by atoms with Gasteiger partial charge in [-0.25, -0.2) is 4.79 Å². The lowest BCUT2D eigenvalue weighted by atomic mass is 10.1. The first-order chi connectivity index (χ1) is 12.2. The lowest BCUT2D eigenvalue weighted by Gasteiger charge is -2.12. The zero-order valence-electron chi connectivity index (χ0n) is 13.5. The molecular formula is C21H17BrO3. The lowest BCUT2D eigenvalue weighted by Crippen LogP contribution is -2.12. The average Bonchev–Trinajstić information content (AvgIpc) is 2.64. The summed E-state index contributed by atoms with van der Waals surface area (Å²) < 4.78 is 12.0. The first-order valence-electron chi connectivity index (χ1n) is 7.96. The van der Waals surface area contributed by atoms with E-state index in [1.54, 1.807) is 24.3 Å². The quantitative estimate of drug-likeness (QED) is 0.419. The predicted molar refractivity (Wildman–Crippen MR) is 101 cm³/mol. The molecule has 0 aliphatic rings. The van der Waals surface area contributed by atoms with Gasteiger partial charge in [-0.1, -0.05) is 64.5 Å². The van der Waals surface area contributed by atoms with Gasteiger partial charge in [0.05, 0.1) is 6.61 Å². The van der Waals surface area contributed by atoms with E-state index in [-0.39, 0.29) is 0 Å². The third-order valence-corrected chi connectivity index (χ3v) is 4.10. The molecule has 0 bridgehead atoms. The second kappa shape index (κ2) is 8.49. The highest BCUT2D eigenvalue weighted by molar-refractivity contribution is 9.10. The minimum atomic E-state index is -0.442. The van der Waals surface area contributed by atoms with Crippen LogP contribution < -0.4 is 9.47 Å². The summed E-state index contributed by atoms with van der Waals surface area (Å²) in [4.78, 5) is 12.5. The highest BCUT2D eigenvalue weighted by Crippen LogP contribution is 2.25. The van der Waals surface area contributed by atoms with Crippen molar-refractivity contribution in [2.24, 2.45) is 0 Å². The number of ether oxygens (including phenoxy) is 2. The van der Waals surface area contributed by atoms with E-state index in [9.17, 15) is 4.79 Å². The van der Waals surface area contributed by atoms with Crippen LogP contribution in [-0.4, -0.2) is 12.6 Å². The van der Waals surface area contributed by atoms with E-state index in [1.165, 1.54) is 5.56 Å². The maximum atomic E-state index is 12.5. The largest absolute Gasteiger partial charge is 0.492 e. The summed E-state index contributed by atoms with van der Waals surface area (Å²) >= 11 is 3.39. The van der Waals surface area contributed by atoms with E-state index >= 15 is 0 Å². The summed E-state index contributed by atoms with van der Waals surface area (Å²) in [5, 5.41) is 0. The molecule has 0 saturated heterocycles. The van der Waals surface area contributed by atoms with Crippen molar-refractivity contribution < 1.29 is 14.3 Å². The Labute approximate surface area is 155 Å². The van der Waals surface area contributed by atoms with Crippen LogP contribution in [-0.2, 0) is 6.42 Å². The molecule has 0 aromatic heterocycles. The van der Waals surface area contributed by atoms with Gasteiger partial charge in [-0.2, -0.15) is 0 Å². The molecule has 126 valence electrons. The maximum absolute atomic E-state index is 12.5. The number of carbonyl (C=O) groups excluding carboxylic acids is 1. The fourth-order valence-corrected chi connectivity index (χ4v) is 2.72. The Kier molecular flexibility index (Phi) is 5.86. The summed E-state index contributed by atoms with van der Waals surface area (Å²) in [6.07, 6.45) is 0.768. The molecule has 0 atom stereocenters. The number of halogens is 1. The molecule has 0 unspecified atom stereocenters. The Balaban J connectivity index is 1.70. The second-order valence-electron chi connectivity index (χ2n) is 5.43. The fraction of sp³-hybridized carbons (Fsp3) is 0.0952. The van der Waals surface area contributed by atoms with Crippen LogP contribution in [0, 0.1) is 0 Å². The van der Waals surface area contributed by atoms with Crippen molar-refractivity contribution in [1.82, 2.24) is 0 Å². The molecule has 0 spiro atoms. The summed E-state index contributed by atoms with van der Waals surface area (Å²) in [7, 11) is 0. The molecule has 0 saturated carbocycles. The van der Waals surface area contributed by atoms with Crippen molar-refractivity contribution in [2.45, 2.75) is 6.42 Å². The molecule has 3 aromatic carbocycles. The average molecular weight is 397 g/mol. The third kappa shape index (κ3) is 4.94.